The Balaban J connectivity index is 2.04. The Labute approximate surface area is 103 Å². The van der Waals surface area contributed by atoms with Gasteiger partial charge >= 0.3 is 0 Å². The Morgan fingerprint density at radius 2 is 2.24 bits per heavy atom. The monoisotopic (exact) mass is 232 g/mol. The van der Waals surface area contributed by atoms with E-state index in [1.807, 2.05) is 4.68 Å². The molecule has 0 unspecified atom stereocenters. The van der Waals surface area contributed by atoms with Crippen LogP contribution in [0.5, 0.6) is 0 Å². The molecule has 0 atom stereocenters. The predicted molar refractivity (Wildman–Crippen MR) is 65.3 cm³/mol. The molecule has 0 spiro atoms. The molecule has 0 bridgehead atoms. The van der Waals surface area contributed by atoms with Crippen molar-refractivity contribution < 1.29 is 0 Å². The van der Waals surface area contributed by atoms with Crippen molar-refractivity contribution in [3.05, 3.63) is 11.4 Å². The SMILES string of the molecule is CCCCCn1nnc(CC#N)c1CC1CC1. The lowest BCUT2D eigenvalue weighted by molar-refractivity contribution is 0.514. The lowest BCUT2D eigenvalue weighted by Crippen LogP contribution is -2.07. The highest BCUT2D eigenvalue weighted by Crippen LogP contribution is 2.33. The summed E-state index contributed by atoms with van der Waals surface area (Å²) in [5.74, 6) is 0.816. The maximum Gasteiger partial charge on any atom is 0.0999 e. The predicted octanol–water partition coefficient (Wildman–Crippen LogP) is 2.49. The third-order valence-electron chi connectivity index (χ3n) is 3.32. The molecule has 1 aliphatic rings. The minimum Gasteiger partial charge on any atom is -0.249 e. The van der Waals surface area contributed by atoms with Crippen LogP contribution in [0, 0.1) is 17.2 Å². The molecule has 4 heteroatoms. The van der Waals surface area contributed by atoms with Crippen molar-refractivity contribution in [1.29, 1.82) is 5.26 Å². The summed E-state index contributed by atoms with van der Waals surface area (Å²) in [6.45, 7) is 3.15. The molecule has 0 aromatic carbocycles. The van der Waals surface area contributed by atoms with E-state index in [0.717, 1.165) is 31.0 Å². The van der Waals surface area contributed by atoms with Crippen molar-refractivity contribution in [2.24, 2.45) is 5.92 Å². The third kappa shape index (κ3) is 3.29. The fourth-order valence-electron chi connectivity index (χ4n) is 2.09. The van der Waals surface area contributed by atoms with E-state index in [-0.39, 0.29) is 0 Å². The fourth-order valence-corrected chi connectivity index (χ4v) is 2.09. The minimum atomic E-state index is 0.399. The first-order valence-electron chi connectivity index (χ1n) is 6.63. The van der Waals surface area contributed by atoms with Crippen LogP contribution < -0.4 is 0 Å². The number of aromatic nitrogens is 3. The molecule has 1 saturated carbocycles. The molecule has 0 saturated heterocycles. The summed E-state index contributed by atoms with van der Waals surface area (Å²) in [6, 6.07) is 2.18. The van der Waals surface area contributed by atoms with E-state index in [2.05, 4.69) is 23.3 Å². The molecule has 4 nitrogen and oxygen atoms in total. The number of nitriles is 1. The Morgan fingerprint density at radius 1 is 1.41 bits per heavy atom. The fraction of sp³-hybridized carbons (Fsp3) is 0.769. The quantitative estimate of drug-likeness (QED) is 0.679. The molecule has 0 N–H and O–H groups in total. The molecular weight excluding hydrogens is 212 g/mol. The zero-order valence-electron chi connectivity index (χ0n) is 10.5. The van der Waals surface area contributed by atoms with E-state index >= 15 is 0 Å². The van der Waals surface area contributed by atoms with Crippen LogP contribution in [0.1, 0.15) is 50.4 Å². The highest BCUT2D eigenvalue weighted by atomic mass is 15.4. The Morgan fingerprint density at radius 3 is 2.88 bits per heavy atom. The highest BCUT2D eigenvalue weighted by molar-refractivity contribution is 5.16. The summed E-state index contributed by atoms with van der Waals surface area (Å²) in [5.41, 5.74) is 2.11. The van der Waals surface area contributed by atoms with E-state index in [9.17, 15) is 0 Å². The van der Waals surface area contributed by atoms with Crippen LogP contribution in [-0.4, -0.2) is 15.0 Å². The zero-order valence-corrected chi connectivity index (χ0v) is 10.5. The van der Waals surface area contributed by atoms with Gasteiger partial charge in [0.1, 0.15) is 0 Å². The topological polar surface area (TPSA) is 54.5 Å². The van der Waals surface area contributed by atoms with Crippen molar-refractivity contribution in [1.82, 2.24) is 15.0 Å². The van der Waals surface area contributed by atoms with Gasteiger partial charge in [0, 0.05) is 6.54 Å². The van der Waals surface area contributed by atoms with Gasteiger partial charge in [-0.15, -0.1) is 5.10 Å². The van der Waals surface area contributed by atoms with Crippen LogP contribution in [0.3, 0.4) is 0 Å². The molecular formula is C13H20N4. The van der Waals surface area contributed by atoms with Gasteiger partial charge in [0.2, 0.25) is 0 Å². The number of nitrogens with zero attached hydrogens (tertiary/aromatic N) is 4. The van der Waals surface area contributed by atoms with Gasteiger partial charge < -0.3 is 0 Å². The summed E-state index contributed by atoms with van der Waals surface area (Å²) in [6.07, 6.45) is 7.72. The van der Waals surface area contributed by atoms with Crippen LogP contribution in [0.15, 0.2) is 0 Å². The number of unbranched alkanes of at least 4 members (excludes halogenated alkanes) is 2. The summed E-state index contributed by atoms with van der Waals surface area (Å²) in [7, 11) is 0. The van der Waals surface area contributed by atoms with E-state index in [0.29, 0.717) is 6.42 Å². The van der Waals surface area contributed by atoms with E-state index in [4.69, 9.17) is 5.26 Å². The van der Waals surface area contributed by atoms with Crippen LogP contribution in [0.2, 0.25) is 0 Å². The van der Waals surface area contributed by atoms with Crippen LogP contribution in [-0.2, 0) is 19.4 Å². The molecule has 92 valence electrons. The lowest BCUT2D eigenvalue weighted by Gasteiger charge is -2.06. The third-order valence-corrected chi connectivity index (χ3v) is 3.32. The van der Waals surface area contributed by atoms with Gasteiger partial charge in [-0.25, -0.2) is 4.68 Å². The number of hydrogen-bond acceptors (Lipinski definition) is 3. The van der Waals surface area contributed by atoms with Gasteiger partial charge in [0.25, 0.3) is 0 Å². The maximum absolute atomic E-state index is 8.79. The molecule has 0 amide bonds. The first-order valence-corrected chi connectivity index (χ1v) is 6.63. The summed E-state index contributed by atoms with van der Waals surface area (Å²) >= 11 is 0. The molecule has 1 aliphatic carbocycles. The highest BCUT2D eigenvalue weighted by Gasteiger charge is 2.25. The van der Waals surface area contributed by atoms with Crippen molar-refractivity contribution >= 4 is 0 Å². The molecule has 0 radical (unpaired) electrons. The van der Waals surface area contributed by atoms with Crippen molar-refractivity contribution in [3.8, 4) is 6.07 Å². The first kappa shape index (κ1) is 12.1. The van der Waals surface area contributed by atoms with Gasteiger partial charge in [-0.05, 0) is 31.6 Å². The lowest BCUT2D eigenvalue weighted by atomic mass is 10.1. The van der Waals surface area contributed by atoms with E-state index in [1.165, 1.54) is 31.4 Å². The number of rotatable bonds is 7. The first-order chi connectivity index (χ1) is 8.35. The standard InChI is InChI=1S/C13H20N4/c1-2-3-4-9-17-13(10-11-5-6-11)12(7-8-14)15-16-17/h11H,2-7,9-10H2,1H3. The molecule has 1 aromatic rings. The van der Waals surface area contributed by atoms with Crippen LogP contribution in [0.4, 0.5) is 0 Å². The second-order valence-electron chi connectivity index (χ2n) is 4.90. The van der Waals surface area contributed by atoms with Crippen molar-refractivity contribution in [3.63, 3.8) is 0 Å². The van der Waals surface area contributed by atoms with Crippen LogP contribution in [0.25, 0.3) is 0 Å². The normalized spacial score (nSPS) is 14.8. The number of hydrogen-bond donors (Lipinski definition) is 0. The van der Waals surface area contributed by atoms with Gasteiger partial charge in [-0.1, -0.05) is 25.0 Å². The second kappa shape index (κ2) is 5.81. The molecule has 1 fully saturated rings. The Hall–Kier alpha value is -1.37. The molecule has 2 rings (SSSR count). The summed E-state index contributed by atoms with van der Waals surface area (Å²) in [4.78, 5) is 0. The average Bonchev–Trinajstić information content (AvgIpc) is 3.06. The van der Waals surface area contributed by atoms with Gasteiger partial charge in [0.15, 0.2) is 0 Å². The average molecular weight is 232 g/mol. The zero-order chi connectivity index (χ0) is 12.1. The van der Waals surface area contributed by atoms with Crippen molar-refractivity contribution in [2.75, 3.05) is 0 Å². The second-order valence-corrected chi connectivity index (χ2v) is 4.90. The van der Waals surface area contributed by atoms with E-state index in [1.54, 1.807) is 0 Å². The van der Waals surface area contributed by atoms with Gasteiger partial charge in [-0.3, -0.25) is 0 Å². The van der Waals surface area contributed by atoms with Crippen molar-refractivity contribution in [2.45, 2.75) is 58.4 Å². The summed E-state index contributed by atoms with van der Waals surface area (Å²) in [5, 5.41) is 17.1. The maximum atomic E-state index is 8.79. The molecule has 1 heterocycles. The van der Waals surface area contributed by atoms with E-state index < -0.39 is 0 Å². The van der Waals surface area contributed by atoms with Gasteiger partial charge in [-0.2, -0.15) is 5.26 Å². The molecule has 1 aromatic heterocycles. The molecule has 0 aliphatic heterocycles. The smallest absolute Gasteiger partial charge is 0.0999 e. The molecule has 17 heavy (non-hydrogen) atoms. The number of aryl methyl sites for hydroxylation is 1. The summed E-state index contributed by atoms with van der Waals surface area (Å²) < 4.78 is 2.03. The Kier molecular flexibility index (Phi) is 4.13. The largest absolute Gasteiger partial charge is 0.249 e. The van der Waals surface area contributed by atoms with Crippen LogP contribution >= 0.6 is 0 Å². The Bertz CT molecular complexity index is 398. The minimum absolute atomic E-state index is 0.399. The van der Waals surface area contributed by atoms with Gasteiger partial charge in [0.05, 0.1) is 23.9 Å².